The number of halogens is 3. The van der Waals surface area contributed by atoms with Crippen LogP contribution in [0.5, 0.6) is 0 Å². The summed E-state index contributed by atoms with van der Waals surface area (Å²) in [7, 11) is -1.58. The molecule has 1 fully saturated rings. The lowest BCUT2D eigenvalue weighted by Crippen LogP contribution is -2.43. The molecule has 1 aliphatic rings. The quantitative estimate of drug-likeness (QED) is 0.467. The van der Waals surface area contributed by atoms with Crippen molar-refractivity contribution < 1.29 is 8.42 Å². The van der Waals surface area contributed by atoms with E-state index in [9.17, 15) is 8.42 Å². The third-order valence-corrected chi connectivity index (χ3v) is 8.36. The first-order valence-corrected chi connectivity index (χ1v) is 12.1. The fourth-order valence-electron chi connectivity index (χ4n) is 3.57. The predicted molar refractivity (Wildman–Crippen MR) is 126 cm³/mol. The summed E-state index contributed by atoms with van der Waals surface area (Å²) in [4.78, 5) is 4.96. The van der Waals surface area contributed by atoms with E-state index in [0.29, 0.717) is 9.99 Å². The molecule has 1 saturated heterocycles. The van der Waals surface area contributed by atoms with E-state index in [1.807, 2.05) is 24.3 Å². The number of nitrogens with zero attached hydrogens (tertiary/aromatic N) is 3. The second-order valence-electron chi connectivity index (χ2n) is 7.13. The predicted octanol–water partition coefficient (Wildman–Crippen LogP) is 4.57. The molecule has 0 N–H and O–H groups in total. The average molecular weight is 564 g/mol. The fourth-order valence-corrected chi connectivity index (χ4v) is 6.29. The minimum Gasteiger partial charge on any atom is -0.304 e. The van der Waals surface area contributed by atoms with Crippen molar-refractivity contribution in [3.05, 3.63) is 63.2 Å². The minimum atomic E-state index is -3.71. The van der Waals surface area contributed by atoms with E-state index in [1.165, 1.54) is 3.97 Å². The molecule has 0 amide bonds. The molecule has 4 rings (SSSR count). The maximum atomic E-state index is 13.4. The van der Waals surface area contributed by atoms with Gasteiger partial charge in [-0.15, -0.1) is 12.4 Å². The van der Waals surface area contributed by atoms with Gasteiger partial charge >= 0.3 is 0 Å². The first kappa shape index (κ1) is 22.8. The molecule has 0 saturated carbocycles. The van der Waals surface area contributed by atoms with Gasteiger partial charge in [0.2, 0.25) is 0 Å². The number of piperazine rings is 1. The van der Waals surface area contributed by atoms with Crippen molar-refractivity contribution in [3.63, 3.8) is 0 Å². The van der Waals surface area contributed by atoms with Gasteiger partial charge in [0, 0.05) is 53.3 Å². The molecule has 29 heavy (non-hydrogen) atoms. The van der Waals surface area contributed by atoms with Crippen LogP contribution in [-0.2, 0) is 16.6 Å². The minimum absolute atomic E-state index is 0. The number of hydrogen-bond acceptors (Lipinski definition) is 4. The van der Waals surface area contributed by atoms with E-state index >= 15 is 0 Å². The van der Waals surface area contributed by atoms with Crippen LogP contribution in [0.4, 0.5) is 0 Å². The highest BCUT2D eigenvalue weighted by Gasteiger charge is 2.24. The van der Waals surface area contributed by atoms with Gasteiger partial charge in [0.1, 0.15) is 4.90 Å². The first-order chi connectivity index (χ1) is 13.4. The Morgan fingerprint density at radius 3 is 2.38 bits per heavy atom. The van der Waals surface area contributed by atoms with E-state index in [-0.39, 0.29) is 17.3 Å². The van der Waals surface area contributed by atoms with Crippen LogP contribution in [0.15, 0.2) is 62.5 Å². The lowest BCUT2D eigenvalue weighted by atomic mass is 10.1. The van der Waals surface area contributed by atoms with Crippen LogP contribution in [0.2, 0.25) is 0 Å². The third-order valence-electron chi connectivity index (χ3n) is 5.18. The maximum Gasteiger partial charge on any atom is 0.269 e. The second-order valence-corrected chi connectivity index (χ2v) is 10.7. The zero-order valence-electron chi connectivity index (χ0n) is 15.9. The normalized spacial score (nSPS) is 16.1. The van der Waals surface area contributed by atoms with Crippen LogP contribution in [0.25, 0.3) is 10.9 Å². The van der Waals surface area contributed by atoms with Crippen LogP contribution in [0.1, 0.15) is 5.56 Å². The average Bonchev–Trinajstić information content (AvgIpc) is 3.02. The molecule has 3 aromatic rings. The largest absolute Gasteiger partial charge is 0.304 e. The van der Waals surface area contributed by atoms with Crippen LogP contribution in [0, 0.1) is 0 Å². The third kappa shape index (κ3) is 4.57. The number of benzene rings is 2. The number of fused-ring (bicyclic) bond motifs is 1. The molecule has 0 spiro atoms. The topological polar surface area (TPSA) is 45.5 Å². The van der Waals surface area contributed by atoms with E-state index in [0.717, 1.165) is 48.1 Å². The molecule has 5 nitrogen and oxygen atoms in total. The van der Waals surface area contributed by atoms with Crippen molar-refractivity contribution >= 4 is 65.2 Å². The summed E-state index contributed by atoms with van der Waals surface area (Å²) in [5.41, 5.74) is 1.72. The molecular weight excluding hydrogens is 542 g/mol. The highest BCUT2D eigenvalue weighted by molar-refractivity contribution is 9.10. The Balaban J connectivity index is 0.00000240. The molecule has 0 aliphatic carbocycles. The van der Waals surface area contributed by atoms with E-state index < -0.39 is 10.0 Å². The summed E-state index contributed by atoms with van der Waals surface area (Å²) in [6.07, 6.45) is 1.78. The Morgan fingerprint density at radius 2 is 1.69 bits per heavy atom. The van der Waals surface area contributed by atoms with Crippen LogP contribution >= 0.6 is 44.3 Å². The maximum absolute atomic E-state index is 13.4. The first-order valence-electron chi connectivity index (χ1n) is 9.07. The van der Waals surface area contributed by atoms with Gasteiger partial charge in [0.25, 0.3) is 10.0 Å². The highest BCUT2D eigenvalue weighted by atomic mass is 79.9. The smallest absolute Gasteiger partial charge is 0.269 e. The number of aromatic nitrogens is 1. The number of rotatable bonds is 4. The highest BCUT2D eigenvalue weighted by Crippen LogP contribution is 2.31. The van der Waals surface area contributed by atoms with E-state index in [1.54, 1.807) is 24.4 Å². The van der Waals surface area contributed by atoms with Crippen molar-refractivity contribution in [2.45, 2.75) is 11.4 Å². The van der Waals surface area contributed by atoms with Crippen molar-refractivity contribution in [2.75, 3.05) is 33.2 Å². The molecule has 1 aromatic heterocycles. The monoisotopic (exact) mass is 561 g/mol. The van der Waals surface area contributed by atoms with Gasteiger partial charge in [0.05, 0.1) is 5.52 Å². The van der Waals surface area contributed by atoms with Crippen molar-refractivity contribution in [2.24, 2.45) is 0 Å². The zero-order valence-corrected chi connectivity index (χ0v) is 20.7. The Hall–Kier alpha value is -0.900. The SMILES string of the molecule is CN1CCN(Cc2cn(S(=O)(=O)c3ccccc3Br)c3ccc(Br)cc23)CC1.Cl. The standard InChI is InChI=1S/C20H21Br2N3O2S.ClH/c1-23-8-10-24(11-9-23)13-15-14-25(19-7-6-16(21)12-17(15)19)28(26,27)20-5-3-2-4-18(20)22;/h2-7,12,14H,8-11,13H2,1H3;1H. The van der Waals surface area contributed by atoms with Gasteiger partial charge in [-0.1, -0.05) is 28.1 Å². The van der Waals surface area contributed by atoms with Crippen LogP contribution in [-0.4, -0.2) is 55.4 Å². The molecule has 156 valence electrons. The van der Waals surface area contributed by atoms with Gasteiger partial charge < -0.3 is 4.90 Å². The molecular formula is C20H22Br2ClN3O2S. The van der Waals surface area contributed by atoms with Crippen LogP contribution < -0.4 is 0 Å². The van der Waals surface area contributed by atoms with Crippen molar-refractivity contribution in [3.8, 4) is 0 Å². The summed E-state index contributed by atoms with van der Waals surface area (Å²) in [6, 6.07) is 12.7. The molecule has 1 aliphatic heterocycles. The molecule has 0 radical (unpaired) electrons. The van der Waals surface area contributed by atoms with E-state index in [2.05, 4.69) is 48.7 Å². The Kier molecular flexibility index (Phi) is 7.13. The van der Waals surface area contributed by atoms with Gasteiger partial charge in [0.15, 0.2) is 0 Å². The molecule has 2 aromatic carbocycles. The zero-order chi connectivity index (χ0) is 19.9. The van der Waals surface area contributed by atoms with Gasteiger partial charge in [-0.25, -0.2) is 12.4 Å². The van der Waals surface area contributed by atoms with Crippen molar-refractivity contribution in [1.29, 1.82) is 0 Å². The Morgan fingerprint density at radius 1 is 1.00 bits per heavy atom. The van der Waals surface area contributed by atoms with Gasteiger partial charge in [-0.3, -0.25) is 4.90 Å². The Bertz CT molecular complexity index is 1130. The summed E-state index contributed by atoms with van der Waals surface area (Å²) in [6.45, 7) is 4.75. The summed E-state index contributed by atoms with van der Waals surface area (Å²) in [5, 5.41) is 0.962. The van der Waals surface area contributed by atoms with Crippen LogP contribution in [0.3, 0.4) is 0 Å². The molecule has 9 heteroatoms. The number of likely N-dealkylation sites (N-methyl/N-ethyl adjacent to an activating group) is 1. The Labute approximate surface area is 194 Å². The van der Waals surface area contributed by atoms with Crippen molar-refractivity contribution in [1.82, 2.24) is 13.8 Å². The van der Waals surface area contributed by atoms with Gasteiger partial charge in [-0.05, 0) is 58.9 Å². The second kappa shape index (κ2) is 9.08. The lowest BCUT2D eigenvalue weighted by Gasteiger charge is -2.32. The molecule has 2 heterocycles. The van der Waals surface area contributed by atoms with E-state index in [4.69, 9.17) is 0 Å². The van der Waals surface area contributed by atoms with Gasteiger partial charge in [-0.2, -0.15) is 0 Å². The lowest BCUT2D eigenvalue weighted by molar-refractivity contribution is 0.148. The fraction of sp³-hybridized carbons (Fsp3) is 0.300. The molecule has 0 atom stereocenters. The summed E-state index contributed by atoms with van der Waals surface area (Å²) < 4.78 is 29.7. The molecule has 0 unspecified atom stereocenters. The molecule has 0 bridgehead atoms. The summed E-state index contributed by atoms with van der Waals surface area (Å²) in [5.74, 6) is 0. The number of hydrogen-bond donors (Lipinski definition) is 0. The summed E-state index contributed by atoms with van der Waals surface area (Å²) >= 11 is 6.91.